The van der Waals surface area contributed by atoms with Crippen molar-refractivity contribution in [3.63, 3.8) is 0 Å². The molecule has 0 spiro atoms. The molecular formula is C23H19NO2S2. The van der Waals surface area contributed by atoms with E-state index in [0.717, 1.165) is 27.6 Å². The van der Waals surface area contributed by atoms with Crippen LogP contribution in [0.4, 0.5) is 0 Å². The van der Waals surface area contributed by atoms with Gasteiger partial charge in [-0.3, -0.25) is 9.69 Å². The third kappa shape index (κ3) is 3.68. The highest BCUT2D eigenvalue weighted by Gasteiger charge is 2.32. The predicted molar refractivity (Wildman–Crippen MR) is 120 cm³/mol. The van der Waals surface area contributed by atoms with E-state index in [1.165, 1.54) is 11.8 Å². The van der Waals surface area contributed by atoms with Crippen LogP contribution in [0.2, 0.25) is 0 Å². The minimum absolute atomic E-state index is 0.0609. The van der Waals surface area contributed by atoms with Crippen LogP contribution in [0, 0.1) is 0 Å². The van der Waals surface area contributed by atoms with E-state index in [-0.39, 0.29) is 5.91 Å². The molecule has 140 valence electrons. The van der Waals surface area contributed by atoms with Crippen molar-refractivity contribution in [3.05, 3.63) is 82.8 Å². The van der Waals surface area contributed by atoms with Gasteiger partial charge >= 0.3 is 0 Å². The summed E-state index contributed by atoms with van der Waals surface area (Å²) in [6.45, 7) is 3.00. The van der Waals surface area contributed by atoms with Gasteiger partial charge in [0.2, 0.25) is 0 Å². The minimum atomic E-state index is -0.0609. The summed E-state index contributed by atoms with van der Waals surface area (Å²) in [5.74, 6) is 0.712. The summed E-state index contributed by atoms with van der Waals surface area (Å²) in [6, 6.07) is 22.0. The van der Waals surface area contributed by atoms with Crippen LogP contribution < -0.4 is 4.74 Å². The maximum absolute atomic E-state index is 13.0. The van der Waals surface area contributed by atoms with Crippen molar-refractivity contribution in [2.24, 2.45) is 0 Å². The van der Waals surface area contributed by atoms with Crippen molar-refractivity contribution >= 4 is 51.1 Å². The second kappa shape index (κ2) is 8.17. The number of hydrogen-bond donors (Lipinski definition) is 0. The molecule has 1 fully saturated rings. The zero-order chi connectivity index (χ0) is 19.5. The number of nitrogens with zero attached hydrogens (tertiary/aromatic N) is 1. The quantitative estimate of drug-likeness (QED) is 0.406. The fourth-order valence-corrected chi connectivity index (χ4v) is 4.48. The van der Waals surface area contributed by atoms with Crippen LogP contribution >= 0.6 is 24.0 Å². The van der Waals surface area contributed by atoms with Crippen molar-refractivity contribution in [1.29, 1.82) is 0 Å². The fraction of sp³-hybridized carbons (Fsp3) is 0.130. The number of fused-ring (bicyclic) bond motifs is 1. The largest absolute Gasteiger partial charge is 0.493 e. The van der Waals surface area contributed by atoms with Gasteiger partial charge < -0.3 is 4.74 Å². The molecule has 1 aliphatic rings. The summed E-state index contributed by atoms with van der Waals surface area (Å²) in [6.07, 6.45) is 1.91. The number of hydrogen-bond acceptors (Lipinski definition) is 4. The number of thioether (sulfide) groups is 1. The van der Waals surface area contributed by atoms with Gasteiger partial charge in [-0.2, -0.15) is 0 Å². The molecule has 0 bridgehead atoms. The number of thiocarbonyl (C=S) groups is 1. The summed E-state index contributed by atoms with van der Waals surface area (Å²) in [7, 11) is 0. The van der Waals surface area contributed by atoms with Crippen molar-refractivity contribution in [2.45, 2.75) is 13.5 Å². The molecule has 0 aromatic heterocycles. The number of rotatable bonds is 5. The molecule has 0 N–H and O–H groups in total. The molecule has 0 unspecified atom stereocenters. The lowest BCUT2D eigenvalue weighted by atomic mass is 10.0. The number of amides is 1. The standard InChI is InChI=1S/C23H19NO2S2/c1-2-26-20-13-12-17-10-6-7-11-18(17)19(20)14-21-22(25)24(23(27)28-21)15-16-8-4-3-5-9-16/h3-14H,2,15H2,1H3/b21-14-. The Morgan fingerprint density at radius 2 is 1.79 bits per heavy atom. The van der Waals surface area contributed by atoms with Crippen LogP contribution in [0.15, 0.2) is 71.6 Å². The zero-order valence-corrected chi connectivity index (χ0v) is 17.1. The van der Waals surface area contributed by atoms with Crippen LogP contribution in [0.5, 0.6) is 5.75 Å². The highest BCUT2D eigenvalue weighted by molar-refractivity contribution is 8.26. The first-order valence-corrected chi connectivity index (χ1v) is 10.3. The van der Waals surface area contributed by atoms with Gasteiger partial charge in [0.1, 0.15) is 10.1 Å². The Kier molecular flexibility index (Phi) is 5.46. The molecule has 3 aromatic rings. The number of benzene rings is 3. The van der Waals surface area contributed by atoms with Gasteiger partial charge in [0, 0.05) is 5.56 Å². The van der Waals surface area contributed by atoms with E-state index in [2.05, 4.69) is 6.07 Å². The van der Waals surface area contributed by atoms with E-state index >= 15 is 0 Å². The molecule has 1 saturated heterocycles. The van der Waals surface area contributed by atoms with Gasteiger partial charge in [-0.1, -0.05) is 84.6 Å². The van der Waals surface area contributed by atoms with Gasteiger partial charge in [-0.15, -0.1) is 0 Å². The maximum atomic E-state index is 13.0. The Bertz CT molecular complexity index is 1080. The van der Waals surface area contributed by atoms with Crippen molar-refractivity contribution < 1.29 is 9.53 Å². The molecular weight excluding hydrogens is 386 g/mol. The first-order chi connectivity index (χ1) is 13.7. The second-order valence-corrected chi connectivity index (χ2v) is 8.06. The van der Waals surface area contributed by atoms with E-state index in [0.29, 0.717) is 22.4 Å². The lowest BCUT2D eigenvalue weighted by Crippen LogP contribution is -2.27. The van der Waals surface area contributed by atoms with Crippen LogP contribution in [-0.4, -0.2) is 21.7 Å². The molecule has 1 heterocycles. The smallest absolute Gasteiger partial charge is 0.266 e. The summed E-state index contributed by atoms with van der Waals surface area (Å²) in [4.78, 5) is 15.3. The summed E-state index contributed by atoms with van der Waals surface area (Å²) in [5.41, 5.74) is 1.97. The van der Waals surface area contributed by atoms with Gasteiger partial charge in [0.05, 0.1) is 18.1 Å². The highest BCUT2D eigenvalue weighted by atomic mass is 32.2. The van der Waals surface area contributed by atoms with E-state index < -0.39 is 0 Å². The number of ether oxygens (including phenoxy) is 1. The molecule has 3 nitrogen and oxygen atoms in total. The minimum Gasteiger partial charge on any atom is -0.493 e. The van der Waals surface area contributed by atoms with E-state index in [1.54, 1.807) is 4.90 Å². The van der Waals surface area contributed by atoms with Crippen molar-refractivity contribution in [1.82, 2.24) is 4.90 Å². The zero-order valence-electron chi connectivity index (χ0n) is 15.4. The first-order valence-electron chi connectivity index (χ1n) is 9.11. The Balaban J connectivity index is 1.72. The average Bonchev–Trinajstić information content (AvgIpc) is 2.98. The molecule has 3 aromatic carbocycles. The summed E-state index contributed by atoms with van der Waals surface area (Å²) in [5, 5.41) is 2.17. The molecule has 0 atom stereocenters. The van der Waals surface area contributed by atoms with Crippen molar-refractivity contribution in [2.75, 3.05) is 6.61 Å². The van der Waals surface area contributed by atoms with Crippen LogP contribution in [0.3, 0.4) is 0 Å². The predicted octanol–water partition coefficient (Wildman–Crippen LogP) is 5.64. The third-order valence-electron chi connectivity index (χ3n) is 4.56. The van der Waals surface area contributed by atoms with E-state index in [4.69, 9.17) is 17.0 Å². The lowest BCUT2D eigenvalue weighted by Gasteiger charge is -2.14. The van der Waals surface area contributed by atoms with Gasteiger partial charge in [-0.05, 0) is 35.4 Å². The maximum Gasteiger partial charge on any atom is 0.266 e. The number of carbonyl (C=O) groups is 1. The molecule has 1 aliphatic heterocycles. The average molecular weight is 406 g/mol. The van der Waals surface area contributed by atoms with Gasteiger partial charge in [-0.25, -0.2) is 0 Å². The first kappa shape index (κ1) is 18.7. The SMILES string of the molecule is CCOc1ccc2ccccc2c1/C=C1\SC(=S)N(Cc2ccccc2)C1=O. The van der Waals surface area contributed by atoms with Crippen LogP contribution in [0.1, 0.15) is 18.1 Å². The Labute approximate surface area is 174 Å². The van der Waals surface area contributed by atoms with Crippen LogP contribution in [0.25, 0.3) is 16.8 Å². The molecule has 28 heavy (non-hydrogen) atoms. The molecule has 5 heteroatoms. The summed E-state index contributed by atoms with van der Waals surface area (Å²) >= 11 is 6.83. The van der Waals surface area contributed by atoms with Gasteiger partial charge in [0.15, 0.2) is 0 Å². The van der Waals surface area contributed by atoms with Crippen LogP contribution in [-0.2, 0) is 11.3 Å². The Morgan fingerprint density at radius 1 is 1.04 bits per heavy atom. The molecule has 1 amide bonds. The van der Waals surface area contributed by atoms with E-state index in [9.17, 15) is 4.79 Å². The van der Waals surface area contributed by atoms with Crippen molar-refractivity contribution in [3.8, 4) is 5.75 Å². The van der Waals surface area contributed by atoms with E-state index in [1.807, 2.05) is 73.7 Å². The monoisotopic (exact) mass is 405 g/mol. The number of carbonyl (C=O) groups excluding carboxylic acids is 1. The topological polar surface area (TPSA) is 29.5 Å². The third-order valence-corrected chi connectivity index (χ3v) is 5.94. The normalized spacial score (nSPS) is 15.6. The second-order valence-electron chi connectivity index (χ2n) is 6.38. The fourth-order valence-electron chi connectivity index (χ4n) is 3.24. The molecule has 4 rings (SSSR count). The molecule has 0 radical (unpaired) electrons. The Morgan fingerprint density at radius 3 is 2.57 bits per heavy atom. The summed E-state index contributed by atoms with van der Waals surface area (Å²) < 4.78 is 6.41. The highest BCUT2D eigenvalue weighted by Crippen LogP contribution is 2.37. The molecule has 0 aliphatic carbocycles. The lowest BCUT2D eigenvalue weighted by molar-refractivity contribution is -0.122. The molecule has 0 saturated carbocycles. The van der Waals surface area contributed by atoms with Gasteiger partial charge in [0.25, 0.3) is 5.91 Å². The Hall–Kier alpha value is -2.63.